The van der Waals surface area contributed by atoms with Crippen LogP contribution in [0.3, 0.4) is 0 Å². The molecule has 2 aromatic carbocycles. The second-order valence-electron chi connectivity index (χ2n) is 5.99. The fraction of sp³-hybridized carbons (Fsp3) is 0.400. The van der Waals surface area contributed by atoms with Crippen LogP contribution in [0.1, 0.15) is 12.0 Å². The lowest BCUT2D eigenvalue weighted by Crippen LogP contribution is -2.38. The summed E-state index contributed by atoms with van der Waals surface area (Å²) in [6.45, 7) is 4.83. The summed E-state index contributed by atoms with van der Waals surface area (Å²) in [6, 6.07) is 20.7. The van der Waals surface area contributed by atoms with Crippen molar-refractivity contribution in [3.05, 3.63) is 66.2 Å². The zero-order valence-electron chi connectivity index (χ0n) is 13.6. The topological polar surface area (TPSA) is 21.7 Å². The third kappa shape index (κ3) is 5.38. The summed E-state index contributed by atoms with van der Waals surface area (Å²) in [5.41, 5.74) is 1.33. The molecule has 0 saturated carbocycles. The number of para-hydroxylation sites is 1. The van der Waals surface area contributed by atoms with Crippen molar-refractivity contribution in [3.8, 4) is 5.75 Å². The molecule has 1 aliphatic rings. The molecule has 3 rings (SSSR count). The molecule has 2 aromatic rings. The van der Waals surface area contributed by atoms with Crippen molar-refractivity contribution < 1.29 is 9.47 Å². The summed E-state index contributed by atoms with van der Waals surface area (Å²) in [6.07, 6.45) is 2.17. The van der Waals surface area contributed by atoms with E-state index in [2.05, 4.69) is 35.2 Å². The molecule has 0 radical (unpaired) electrons. The fourth-order valence-corrected chi connectivity index (χ4v) is 2.92. The smallest absolute Gasteiger partial charge is 0.119 e. The second kappa shape index (κ2) is 8.70. The molecular weight excluding hydrogens is 286 g/mol. The third-order valence-electron chi connectivity index (χ3n) is 4.22. The third-order valence-corrected chi connectivity index (χ3v) is 4.22. The number of nitrogens with zero attached hydrogens (tertiary/aromatic N) is 1. The second-order valence-corrected chi connectivity index (χ2v) is 5.99. The summed E-state index contributed by atoms with van der Waals surface area (Å²) in [4.78, 5) is 2.47. The van der Waals surface area contributed by atoms with Crippen molar-refractivity contribution in [1.29, 1.82) is 0 Å². The van der Waals surface area contributed by atoms with Gasteiger partial charge in [0.05, 0.1) is 13.2 Å². The van der Waals surface area contributed by atoms with E-state index in [1.165, 1.54) is 5.56 Å². The van der Waals surface area contributed by atoms with E-state index in [0.29, 0.717) is 0 Å². The van der Waals surface area contributed by atoms with E-state index in [1.54, 1.807) is 0 Å². The quantitative estimate of drug-likeness (QED) is 0.782. The van der Waals surface area contributed by atoms with E-state index in [9.17, 15) is 0 Å². The van der Waals surface area contributed by atoms with Gasteiger partial charge in [0, 0.05) is 26.1 Å². The lowest BCUT2D eigenvalue weighted by molar-refractivity contribution is 0.0318. The van der Waals surface area contributed by atoms with Gasteiger partial charge < -0.3 is 9.47 Å². The molecule has 1 heterocycles. The van der Waals surface area contributed by atoms with Gasteiger partial charge in [0.1, 0.15) is 11.9 Å². The van der Waals surface area contributed by atoms with Crippen molar-refractivity contribution >= 4 is 0 Å². The van der Waals surface area contributed by atoms with E-state index in [-0.39, 0.29) is 6.10 Å². The molecule has 0 bridgehead atoms. The van der Waals surface area contributed by atoms with Gasteiger partial charge in [-0.1, -0.05) is 48.5 Å². The van der Waals surface area contributed by atoms with Crippen molar-refractivity contribution in [2.75, 3.05) is 32.8 Å². The maximum atomic E-state index is 6.25. The Morgan fingerprint density at radius 2 is 1.57 bits per heavy atom. The van der Waals surface area contributed by atoms with Crippen LogP contribution in [0.2, 0.25) is 0 Å². The SMILES string of the molecule is c1ccc(CC(CCN2CCOCC2)Oc2ccccc2)cc1. The molecule has 0 N–H and O–H groups in total. The van der Waals surface area contributed by atoms with Crippen molar-refractivity contribution in [2.24, 2.45) is 0 Å². The molecule has 1 aliphatic heterocycles. The van der Waals surface area contributed by atoms with Gasteiger partial charge in [-0.25, -0.2) is 0 Å². The number of hydrogen-bond acceptors (Lipinski definition) is 3. The van der Waals surface area contributed by atoms with Gasteiger partial charge in [-0.15, -0.1) is 0 Å². The van der Waals surface area contributed by atoms with E-state index in [0.717, 1.165) is 51.4 Å². The van der Waals surface area contributed by atoms with Crippen molar-refractivity contribution in [2.45, 2.75) is 18.9 Å². The van der Waals surface area contributed by atoms with Crippen LogP contribution in [-0.2, 0) is 11.2 Å². The van der Waals surface area contributed by atoms with E-state index >= 15 is 0 Å². The van der Waals surface area contributed by atoms with Crippen LogP contribution in [0, 0.1) is 0 Å². The Kier molecular flexibility index (Phi) is 6.07. The molecule has 3 heteroatoms. The molecule has 0 aliphatic carbocycles. The zero-order chi connectivity index (χ0) is 15.7. The van der Waals surface area contributed by atoms with E-state index < -0.39 is 0 Å². The maximum Gasteiger partial charge on any atom is 0.119 e. The van der Waals surface area contributed by atoms with Crippen LogP contribution in [0.5, 0.6) is 5.75 Å². The lowest BCUT2D eigenvalue weighted by atomic mass is 10.1. The Labute approximate surface area is 138 Å². The fourth-order valence-electron chi connectivity index (χ4n) is 2.92. The molecule has 122 valence electrons. The molecule has 1 saturated heterocycles. The molecule has 1 fully saturated rings. The summed E-state index contributed by atoms with van der Waals surface area (Å²) < 4.78 is 11.7. The summed E-state index contributed by atoms with van der Waals surface area (Å²) in [5.74, 6) is 0.954. The number of ether oxygens (including phenoxy) is 2. The standard InChI is InChI=1S/C20H25NO2/c1-3-7-18(8-4-1)17-20(23-19-9-5-2-6-10-19)11-12-21-13-15-22-16-14-21/h1-10,20H,11-17H2. The van der Waals surface area contributed by atoms with Crippen LogP contribution < -0.4 is 4.74 Å². The maximum absolute atomic E-state index is 6.25. The Morgan fingerprint density at radius 1 is 0.913 bits per heavy atom. The van der Waals surface area contributed by atoms with Crippen LogP contribution >= 0.6 is 0 Å². The Bertz CT molecular complexity index is 511. The minimum atomic E-state index is 0.197. The summed E-state index contributed by atoms with van der Waals surface area (Å²) in [5, 5.41) is 0. The predicted molar refractivity (Wildman–Crippen MR) is 92.9 cm³/mol. The molecule has 23 heavy (non-hydrogen) atoms. The highest BCUT2D eigenvalue weighted by molar-refractivity contribution is 5.22. The first kappa shape index (κ1) is 16.0. The summed E-state index contributed by atoms with van der Waals surface area (Å²) >= 11 is 0. The Morgan fingerprint density at radius 3 is 2.26 bits per heavy atom. The number of hydrogen-bond donors (Lipinski definition) is 0. The average Bonchev–Trinajstić information content (AvgIpc) is 2.62. The molecule has 1 unspecified atom stereocenters. The Balaban J connectivity index is 1.60. The van der Waals surface area contributed by atoms with Crippen molar-refractivity contribution in [3.63, 3.8) is 0 Å². The lowest BCUT2D eigenvalue weighted by Gasteiger charge is -2.28. The largest absolute Gasteiger partial charge is 0.490 e. The van der Waals surface area contributed by atoms with Gasteiger partial charge in [-0.05, 0) is 24.1 Å². The van der Waals surface area contributed by atoms with Gasteiger partial charge >= 0.3 is 0 Å². The zero-order valence-corrected chi connectivity index (χ0v) is 13.6. The van der Waals surface area contributed by atoms with Gasteiger partial charge in [0.15, 0.2) is 0 Å². The first-order valence-electron chi connectivity index (χ1n) is 8.46. The molecular formula is C20H25NO2. The van der Waals surface area contributed by atoms with Crippen molar-refractivity contribution in [1.82, 2.24) is 4.90 Å². The first-order valence-corrected chi connectivity index (χ1v) is 8.46. The number of morpholine rings is 1. The highest BCUT2D eigenvalue weighted by Crippen LogP contribution is 2.16. The predicted octanol–water partition coefficient (Wildman–Crippen LogP) is 3.40. The molecule has 3 nitrogen and oxygen atoms in total. The first-order chi connectivity index (χ1) is 11.4. The van der Waals surface area contributed by atoms with Crippen LogP contribution in [0.15, 0.2) is 60.7 Å². The minimum Gasteiger partial charge on any atom is -0.490 e. The van der Waals surface area contributed by atoms with Crippen LogP contribution in [-0.4, -0.2) is 43.9 Å². The van der Waals surface area contributed by atoms with Gasteiger partial charge in [0.25, 0.3) is 0 Å². The monoisotopic (exact) mass is 311 g/mol. The van der Waals surface area contributed by atoms with Gasteiger partial charge in [0.2, 0.25) is 0 Å². The van der Waals surface area contributed by atoms with E-state index in [1.807, 2.05) is 30.3 Å². The van der Waals surface area contributed by atoms with Crippen LogP contribution in [0.4, 0.5) is 0 Å². The summed E-state index contributed by atoms with van der Waals surface area (Å²) in [7, 11) is 0. The molecule has 0 spiro atoms. The highest BCUT2D eigenvalue weighted by Gasteiger charge is 2.16. The van der Waals surface area contributed by atoms with Crippen LogP contribution in [0.25, 0.3) is 0 Å². The van der Waals surface area contributed by atoms with Gasteiger partial charge in [-0.3, -0.25) is 4.90 Å². The molecule has 1 atom stereocenters. The highest BCUT2D eigenvalue weighted by atomic mass is 16.5. The molecule has 0 aromatic heterocycles. The molecule has 0 amide bonds. The van der Waals surface area contributed by atoms with E-state index in [4.69, 9.17) is 9.47 Å². The number of rotatable bonds is 7. The normalized spacial score (nSPS) is 16.9. The minimum absolute atomic E-state index is 0.197. The average molecular weight is 311 g/mol. The number of benzene rings is 2. The van der Waals surface area contributed by atoms with Gasteiger partial charge in [-0.2, -0.15) is 0 Å². The Hall–Kier alpha value is -1.84.